The van der Waals surface area contributed by atoms with Crippen LogP contribution in [0.15, 0.2) is 73.1 Å². The van der Waals surface area contributed by atoms with Crippen LogP contribution in [0.4, 0.5) is 5.82 Å². The number of rotatable bonds is 4. The van der Waals surface area contributed by atoms with Crippen molar-refractivity contribution in [2.24, 2.45) is 0 Å². The Morgan fingerprint density at radius 2 is 1.94 bits per heavy atom. The van der Waals surface area contributed by atoms with Crippen molar-refractivity contribution in [2.45, 2.75) is 19.9 Å². The maximum absolute atomic E-state index is 13.3. The number of nitrogens with two attached hydrogens (primary N) is 1. The van der Waals surface area contributed by atoms with Gasteiger partial charge >= 0.3 is 0 Å². The van der Waals surface area contributed by atoms with Gasteiger partial charge in [-0.25, -0.2) is 14.5 Å². The number of fused-ring (bicyclic) bond motifs is 2. The molecule has 166 valence electrons. The van der Waals surface area contributed by atoms with Crippen molar-refractivity contribution in [3.05, 3.63) is 89.7 Å². The fraction of sp³-hybridized carbons (Fsp3) is 0.111. The molecule has 0 saturated carbocycles. The zero-order valence-electron chi connectivity index (χ0n) is 18.8. The molecule has 0 bridgehead atoms. The topological polar surface area (TPSA) is 98.2 Å². The molecule has 0 aliphatic carbocycles. The number of benzene rings is 2. The van der Waals surface area contributed by atoms with Crippen LogP contribution in [0.2, 0.25) is 0 Å². The molecule has 5 rings (SSSR count). The molecule has 3 heterocycles. The molecule has 5 aromatic rings. The summed E-state index contributed by atoms with van der Waals surface area (Å²) < 4.78 is 1.50. The number of nitrogens with zero attached hydrogens (tertiary/aromatic N) is 4. The normalized spacial score (nSPS) is 11.7. The lowest BCUT2D eigenvalue weighted by atomic mass is 9.97. The smallest absolute Gasteiger partial charge is 0.259 e. The Morgan fingerprint density at radius 1 is 1.12 bits per heavy atom. The van der Waals surface area contributed by atoms with Crippen molar-refractivity contribution in [3.63, 3.8) is 0 Å². The van der Waals surface area contributed by atoms with Gasteiger partial charge in [-0.2, -0.15) is 0 Å². The molecular weight excluding hydrogens is 424 g/mol. The SMILES string of the molecule is CC#Cc1cccc2cc([C@H](C)NC(=O)c3c(N)nn4cccnc34)c(-c3ccccc3)nc12. The van der Waals surface area contributed by atoms with Crippen molar-refractivity contribution < 1.29 is 4.79 Å². The minimum atomic E-state index is -0.362. The van der Waals surface area contributed by atoms with Crippen molar-refractivity contribution >= 4 is 28.3 Å². The maximum atomic E-state index is 13.3. The van der Waals surface area contributed by atoms with Crippen LogP contribution in [0.1, 0.15) is 41.4 Å². The third-order valence-corrected chi connectivity index (χ3v) is 5.65. The highest BCUT2D eigenvalue weighted by Gasteiger charge is 2.23. The molecule has 1 amide bonds. The summed E-state index contributed by atoms with van der Waals surface area (Å²) in [6.07, 6.45) is 3.31. The molecule has 7 nitrogen and oxygen atoms in total. The molecule has 0 radical (unpaired) electrons. The van der Waals surface area contributed by atoms with Gasteiger partial charge in [0.2, 0.25) is 0 Å². The zero-order valence-corrected chi connectivity index (χ0v) is 18.8. The van der Waals surface area contributed by atoms with E-state index in [1.54, 1.807) is 18.5 Å². The van der Waals surface area contributed by atoms with Crippen LogP contribution >= 0.6 is 0 Å². The molecule has 34 heavy (non-hydrogen) atoms. The molecule has 0 unspecified atom stereocenters. The second-order valence-corrected chi connectivity index (χ2v) is 7.89. The Morgan fingerprint density at radius 3 is 2.74 bits per heavy atom. The van der Waals surface area contributed by atoms with Crippen LogP contribution in [0.3, 0.4) is 0 Å². The molecule has 3 aromatic heterocycles. The Bertz CT molecular complexity index is 1590. The highest BCUT2D eigenvalue weighted by atomic mass is 16.1. The molecule has 0 fully saturated rings. The summed E-state index contributed by atoms with van der Waals surface area (Å²) >= 11 is 0. The first-order chi connectivity index (χ1) is 16.6. The number of para-hydroxylation sites is 1. The summed E-state index contributed by atoms with van der Waals surface area (Å²) in [4.78, 5) is 22.5. The van der Waals surface area contributed by atoms with Crippen molar-refractivity contribution in [1.29, 1.82) is 0 Å². The van der Waals surface area contributed by atoms with Gasteiger partial charge in [-0.1, -0.05) is 48.4 Å². The van der Waals surface area contributed by atoms with E-state index in [4.69, 9.17) is 10.7 Å². The van der Waals surface area contributed by atoms with Crippen LogP contribution in [-0.4, -0.2) is 25.5 Å². The molecule has 0 aliphatic heterocycles. The first-order valence-corrected chi connectivity index (χ1v) is 10.9. The molecule has 2 aromatic carbocycles. The van der Waals surface area contributed by atoms with Gasteiger partial charge in [0.15, 0.2) is 11.5 Å². The Hall–Kier alpha value is -4.70. The summed E-state index contributed by atoms with van der Waals surface area (Å²) in [6.45, 7) is 3.74. The minimum absolute atomic E-state index is 0.131. The van der Waals surface area contributed by atoms with E-state index in [2.05, 4.69) is 33.3 Å². The van der Waals surface area contributed by atoms with Gasteiger partial charge in [-0.3, -0.25) is 4.79 Å². The van der Waals surface area contributed by atoms with Crippen LogP contribution in [-0.2, 0) is 0 Å². The molecular formula is C27H22N6O. The van der Waals surface area contributed by atoms with Gasteiger partial charge in [0, 0.05) is 28.9 Å². The third kappa shape index (κ3) is 3.71. The molecule has 1 atom stereocenters. The number of carbonyl (C=O) groups is 1. The Kier molecular flexibility index (Phi) is 5.40. The number of pyridine rings is 1. The molecule has 0 spiro atoms. The Labute approximate surface area is 196 Å². The summed E-state index contributed by atoms with van der Waals surface area (Å²) in [5.74, 6) is 5.89. The van der Waals surface area contributed by atoms with Gasteiger partial charge in [-0.15, -0.1) is 11.0 Å². The number of anilines is 1. The fourth-order valence-electron chi connectivity index (χ4n) is 4.08. The van der Waals surface area contributed by atoms with Crippen molar-refractivity contribution in [3.8, 4) is 23.1 Å². The van der Waals surface area contributed by atoms with E-state index in [0.29, 0.717) is 5.65 Å². The second-order valence-electron chi connectivity index (χ2n) is 7.89. The average molecular weight is 447 g/mol. The number of aromatic nitrogens is 4. The van der Waals surface area contributed by atoms with Gasteiger partial charge in [0.1, 0.15) is 5.56 Å². The van der Waals surface area contributed by atoms with Crippen molar-refractivity contribution in [1.82, 2.24) is 24.9 Å². The lowest BCUT2D eigenvalue weighted by Gasteiger charge is -2.19. The molecule has 0 saturated heterocycles. The summed E-state index contributed by atoms with van der Waals surface area (Å²) in [6, 6.07) is 19.3. The molecule has 0 aliphatic rings. The van der Waals surface area contributed by atoms with E-state index in [1.165, 1.54) is 4.52 Å². The monoisotopic (exact) mass is 446 g/mol. The lowest BCUT2D eigenvalue weighted by molar-refractivity contribution is 0.0942. The van der Waals surface area contributed by atoms with Gasteiger partial charge in [0.25, 0.3) is 5.91 Å². The predicted molar refractivity (Wildman–Crippen MR) is 133 cm³/mol. The standard InChI is InChI=1S/C27H22N6O/c1-3-9-18-12-7-13-20-16-21(24(31-23(18)20)19-10-5-4-6-11-19)17(2)30-27(34)22-25(28)32-33-15-8-14-29-26(22)33/h4-8,10-17H,1-2H3,(H2,28,32)(H,30,34)/t17-/m0/s1. The highest BCUT2D eigenvalue weighted by Crippen LogP contribution is 2.31. The number of nitrogens with one attached hydrogen (secondary N) is 1. The summed E-state index contributed by atoms with van der Waals surface area (Å²) in [7, 11) is 0. The van der Waals surface area contributed by atoms with Gasteiger partial charge in [0.05, 0.1) is 22.8 Å². The van der Waals surface area contributed by atoms with Gasteiger partial charge < -0.3 is 11.1 Å². The first-order valence-electron chi connectivity index (χ1n) is 10.9. The summed E-state index contributed by atoms with van der Waals surface area (Å²) in [5, 5.41) is 8.21. The number of hydrogen-bond acceptors (Lipinski definition) is 5. The number of carbonyl (C=O) groups excluding carboxylic acids is 1. The van der Waals surface area contributed by atoms with E-state index >= 15 is 0 Å². The summed E-state index contributed by atoms with van der Waals surface area (Å²) in [5.41, 5.74) is 11.0. The van der Waals surface area contributed by atoms with Crippen LogP contribution in [0, 0.1) is 11.8 Å². The first kappa shape index (κ1) is 21.2. The Balaban J connectivity index is 1.61. The van der Waals surface area contributed by atoms with E-state index in [0.717, 1.165) is 33.3 Å². The van der Waals surface area contributed by atoms with E-state index in [-0.39, 0.29) is 23.3 Å². The minimum Gasteiger partial charge on any atom is -0.381 e. The second kappa shape index (κ2) is 8.68. The van der Waals surface area contributed by atoms with E-state index in [1.807, 2.05) is 62.4 Å². The van der Waals surface area contributed by atoms with Crippen LogP contribution in [0.25, 0.3) is 27.8 Å². The lowest BCUT2D eigenvalue weighted by Crippen LogP contribution is -2.28. The maximum Gasteiger partial charge on any atom is 0.259 e. The molecule has 7 heteroatoms. The van der Waals surface area contributed by atoms with Crippen LogP contribution < -0.4 is 11.1 Å². The van der Waals surface area contributed by atoms with E-state index < -0.39 is 0 Å². The number of nitrogen functional groups attached to an aromatic ring is 1. The van der Waals surface area contributed by atoms with Crippen LogP contribution in [0.5, 0.6) is 0 Å². The van der Waals surface area contributed by atoms with Gasteiger partial charge in [-0.05, 0) is 32.0 Å². The number of amides is 1. The zero-order chi connectivity index (χ0) is 23.7. The quantitative estimate of drug-likeness (QED) is 0.399. The average Bonchev–Trinajstić information content (AvgIpc) is 3.20. The predicted octanol–water partition coefficient (Wildman–Crippen LogP) is 4.39. The fourth-order valence-corrected chi connectivity index (χ4v) is 4.08. The van der Waals surface area contributed by atoms with E-state index in [9.17, 15) is 4.79 Å². The third-order valence-electron chi connectivity index (χ3n) is 5.65. The molecule has 3 N–H and O–H groups in total. The number of hydrogen-bond donors (Lipinski definition) is 2. The largest absolute Gasteiger partial charge is 0.381 e. The highest BCUT2D eigenvalue weighted by molar-refractivity contribution is 6.04. The van der Waals surface area contributed by atoms with Crippen molar-refractivity contribution in [2.75, 3.05) is 5.73 Å².